The fourth-order valence-corrected chi connectivity index (χ4v) is 2.37. The van der Waals surface area contributed by atoms with E-state index in [9.17, 15) is 23.8 Å². The Morgan fingerprint density at radius 1 is 1.07 bits per heavy atom. The van der Waals surface area contributed by atoms with E-state index in [2.05, 4.69) is 8.83 Å². The van der Waals surface area contributed by atoms with Crippen LogP contribution >= 0.6 is 15.6 Å². The SMILES string of the molecule is CCCCCCOP(=O)([O-])OP(=O)([O-])[O-]. The molecule has 7 nitrogen and oxygen atoms in total. The van der Waals surface area contributed by atoms with Gasteiger partial charge < -0.3 is 23.8 Å². The molecule has 0 fully saturated rings. The summed E-state index contributed by atoms with van der Waals surface area (Å²) in [6.07, 6.45) is 3.13. The van der Waals surface area contributed by atoms with Gasteiger partial charge in [0.1, 0.15) is 0 Å². The van der Waals surface area contributed by atoms with Crippen LogP contribution in [0.4, 0.5) is 0 Å². The first-order chi connectivity index (χ1) is 6.77. The van der Waals surface area contributed by atoms with E-state index >= 15 is 0 Å². The van der Waals surface area contributed by atoms with E-state index < -0.39 is 15.6 Å². The Labute approximate surface area is 88.3 Å². The molecule has 0 spiro atoms. The molecule has 0 aromatic carbocycles. The van der Waals surface area contributed by atoms with Crippen LogP contribution in [0, 0.1) is 0 Å². The first-order valence-corrected chi connectivity index (χ1v) is 7.38. The van der Waals surface area contributed by atoms with Gasteiger partial charge in [0.2, 0.25) is 0 Å². The minimum atomic E-state index is -5.55. The van der Waals surface area contributed by atoms with Crippen LogP contribution in [0.3, 0.4) is 0 Å². The Kier molecular flexibility index (Phi) is 6.88. The molecule has 0 N–H and O–H groups in total. The lowest BCUT2D eigenvalue weighted by Crippen LogP contribution is -2.19. The predicted molar refractivity (Wildman–Crippen MR) is 46.4 cm³/mol. The molecule has 1 unspecified atom stereocenters. The van der Waals surface area contributed by atoms with E-state index in [0.29, 0.717) is 6.42 Å². The molecular formula is C6H13O7P2-3. The second kappa shape index (κ2) is 6.76. The summed E-state index contributed by atoms with van der Waals surface area (Å²) in [6, 6.07) is 0. The largest absolute Gasteiger partial charge is 0.790 e. The molecule has 0 heterocycles. The number of hydrogen-bond acceptors (Lipinski definition) is 7. The zero-order valence-corrected chi connectivity index (χ0v) is 10.1. The molecule has 92 valence electrons. The molecule has 0 saturated carbocycles. The molecule has 0 bridgehead atoms. The third kappa shape index (κ3) is 10.5. The fourth-order valence-electron chi connectivity index (χ4n) is 0.851. The lowest BCUT2D eigenvalue weighted by Gasteiger charge is -2.35. The maximum Gasteiger partial charge on any atom is 0.271 e. The van der Waals surface area contributed by atoms with Gasteiger partial charge in [0.25, 0.3) is 7.82 Å². The summed E-state index contributed by atoms with van der Waals surface area (Å²) in [5.41, 5.74) is 0. The fraction of sp³-hybridized carbons (Fsp3) is 1.00. The summed E-state index contributed by atoms with van der Waals surface area (Å²) < 4.78 is 28.1. The van der Waals surface area contributed by atoms with Crippen molar-refractivity contribution in [3.05, 3.63) is 0 Å². The van der Waals surface area contributed by atoms with Crippen LogP contribution in [0.1, 0.15) is 32.6 Å². The molecule has 0 aromatic rings. The summed E-state index contributed by atoms with van der Waals surface area (Å²) >= 11 is 0. The molecule has 0 radical (unpaired) electrons. The van der Waals surface area contributed by atoms with Crippen molar-refractivity contribution in [3.63, 3.8) is 0 Å². The molecule has 0 rings (SSSR count). The molecule has 0 aliphatic carbocycles. The van der Waals surface area contributed by atoms with Crippen LogP contribution in [-0.2, 0) is 18.0 Å². The quantitative estimate of drug-likeness (QED) is 0.440. The van der Waals surface area contributed by atoms with E-state index in [1.54, 1.807) is 0 Å². The smallest absolute Gasteiger partial charge is 0.271 e. The molecule has 1 atom stereocenters. The summed E-state index contributed by atoms with van der Waals surface area (Å²) in [5, 5.41) is 0. The zero-order valence-electron chi connectivity index (χ0n) is 8.29. The van der Waals surface area contributed by atoms with Gasteiger partial charge in [0.15, 0.2) is 0 Å². The highest BCUT2D eigenvalue weighted by molar-refractivity contribution is 7.58. The van der Waals surface area contributed by atoms with Crippen LogP contribution in [-0.4, -0.2) is 6.61 Å². The molecule has 0 aliphatic heterocycles. The molecule has 0 aliphatic rings. The Balaban J connectivity index is 3.75. The van der Waals surface area contributed by atoms with Gasteiger partial charge in [-0.2, -0.15) is 0 Å². The molecule has 0 aromatic heterocycles. The van der Waals surface area contributed by atoms with Gasteiger partial charge >= 0.3 is 0 Å². The van der Waals surface area contributed by atoms with Crippen LogP contribution < -0.4 is 14.7 Å². The van der Waals surface area contributed by atoms with Crippen molar-refractivity contribution < 1.29 is 32.6 Å². The standard InChI is InChI=1S/C6H16O7P2/c1-2-3-4-5-6-12-15(10,11)13-14(7,8)9/h2-6H2,1H3,(H,10,11)(H2,7,8,9)/p-3. The van der Waals surface area contributed by atoms with Crippen molar-refractivity contribution in [2.24, 2.45) is 0 Å². The molecule has 9 heteroatoms. The summed E-state index contributed by atoms with van der Waals surface area (Å²) in [4.78, 5) is 30.6. The molecule has 0 saturated heterocycles. The maximum absolute atomic E-state index is 10.7. The van der Waals surface area contributed by atoms with Gasteiger partial charge in [-0.15, -0.1) is 0 Å². The molecule has 0 amide bonds. The van der Waals surface area contributed by atoms with E-state index in [4.69, 9.17) is 0 Å². The summed E-state index contributed by atoms with van der Waals surface area (Å²) in [7, 11) is -10.6. The third-order valence-corrected chi connectivity index (χ3v) is 3.55. The van der Waals surface area contributed by atoms with E-state index in [1.807, 2.05) is 6.92 Å². The van der Waals surface area contributed by atoms with Crippen LogP contribution in [0.25, 0.3) is 0 Å². The predicted octanol–water partition coefficient (Wildman–Crippen LogP) is -0.103. The van der Waals surface area contributed by atoms with Crippen LogP contribution in [0.2, 0.25) is 0 Å². The van der Waals surface area contributed by atoms with Gasteiger partial charge in [-0.3, -0.25) is 8.88 Å². The number of rotatable bonds is 8. The Morgan fingerprint density at radius 3 is 2.13 bits per heavy atom. The average molecular weight is 259 g/mol. The second-order valence-corrected chi connectivity index (χ2v) is 5.57. The lowest BCUT2D eigenvalue weighted by atomic mass is 10.2. The zero-order chi connectivity index (χ0) is 11.9. The maximum atomic E-state index is 10.7. The molecule has 15 heavy (non-hydrogen) atoms. The molecular weight excluding hydrogens is 246 g/mol. The van der Waals surface area contributed by atoms with Gasteiger partial charge in [-0.25, -0.2) is 0 Å². The summed E-state index contributed by atoms with van der Waals surface area (Å²) in [6.45, 7) is 1.80. The monoisotopic (exact) mass is 259 g/mol. The van der Waals surface area contributed by atoms with Crippen molar-refractivity contribution >= 4 is 15.6 Å². The second-order valence-electron chi connectivity index (χ2n) is 2.87. The highest BCUT2D eigenvalue weighted by Gasteiger charge is 2.10. The Morgan fingerprint density at radius 2 is 1.67 bits per heavy atom. The number of phosphoric ester groups is 1. The first kappa shape index (κ1) is 15.3. The summed E-state index contributed by atoms with van der Waals surface area (Å²) in [5.74, 6) is 0. The van der Waals surface area contributed by atoms with Crippen molar-refractivity contribution in [2.45, 2.75) is 32.6 Å². The Hall–Kier alpha value is 0.260. The minimum absolute atomic E-state index is 0.180. The number of unbranched alkanes of at least 4 members (excludes halogenated alkanes) is 3. The first-order valence-electron chi connectivity index (χ1n) is 4.46. The van der Waals surface area contributed by atoms with Gasteiger partial charge in [0.05, 0.1) is 14.4 Å². The van der Waals surface area contributed by atoms with E-state index in [-0.39, 0.29) is 6.61 Å². The van der Waals surface area contributed by atoms with Crippen molar-refractivity contribution in [1.82, 2.24) is 0 Å². The highest BCUT2D eigenvalue weighted by Crippen LogP contribution is 2.50. The van der Waals surface area contributed by atoms with Crippen LogP contribution in [0.5, 0.6) is 0 Å². The number of phosphoric acid groups is 2. The van der Waals surface area contributed by atoms with Gasteiger partial charge in [-0.05, 0) is 6.42 Å². The van der Waals surface area contributed by atoms with E-state index in [0.717, 1.165) is 19.3 Å². The van der Waals surface area contributed by atoms with Crippen molar-refractivity contribution in [2.75, 3.05) is 6.61 Å². The van der Waals surface area contributed by atoms with Gasteiger partial charge in [0, 0.05) is 0 Å². The van der Waals surface area contributed by atoms with Gasteiger partial charge in [-0.1, -0.05) is 26.2 Å². The average Bonchev–Trinajstić information content (AvgIpc) is 1.99. The lowest BCUT2D eigenvalue weighted by molar-refractivity contribution is -0.339. The van der Waals surface area contributed by atoms with Crippen molar-refractivity contribution in [1.29, 1.82) is 0 Å². The third-order valence-electron chi connectivity index (χ3n) is 1.45. The number of hydrogen-bond donors (Lipinski definition) is 0. The van der Waals surface area contributed by atoms with Crippen molar-refractivity contribution in [3.8, 4) is 0 Å². The topological polar surface area (TPSA) is 122 Å². The van der Waals surface area contributed by atoms with E-state index in [1.165, 1.54) is 0 Å². The van der Waals surface area contributed by atoms with Crippen LogP contribution in [0.15, 0.2) is 0 Å². The highest BCUT2D eigenvalue weighted by atomic mass is 31.3. The Bertz CT molecular complexity index is 260. The normalized spacial score (nSPS) is 16.3. The minimum Gasteiger partial charge on any atom is -0.790 e.